The SMILES string of the molecule is CNCc1cc2c(OC)cccc2n1C(C)C. The van der Waals surface area contributed by atoms with E-state index in [-0.39, 0.29) is 0 Å². The molecule has 1 aromatic carbocycles. The van der Waals surface area contributed by atoms with E-state index in [1.54, 1.807) is 7.11 Å². The molecular formula is C14H20N2O. The second-order valence-electron chi connectivity index (χ2n) is 4.52. The number of methoxy groups -OCH3 is 1. The van der Waals surface area contributed by atoms with Gasteiger partial charge in [-0.15, -0.1) is 0 Å². The molecule has 2 rings (SSSR count). The molecule has 0 saturated heterocycles. The van der Waals surface area contributed by atoms with Crippen molar-refractivity contribution in [1.82, 2.24) is 9.88 Å². The third-order valence-electron chi connectivity index (χ3n) is 3.02. The van der Waals surface area contributed by atoms with E-state index in [2.05, 4.69) is 35.9 Å². The van der Waals surface area contributed by atoms with Crippen LogP contribution >= 0.6 is 0 Å². The second kappa shape index (κ2) is 4.80. The first-order chi connectivity index (χ1) is 8.19. The summed E-state index contributed by atoms with van der Waals surface area (Å²) in [6.07, 6.45) is 0. The van der Waals surface area contributed by atoms with Gasteiger partial charge in [0, 0.05) is 23.7 Å². The number of nitrogens with zero attached hydrogens (tertiary/aromatic N) is 1. The van der Waals surface area contributed by atoms with Crippen molar-refractivity contribution >= 4 is 10.9 Å². The Labute approximate surface area is 102 Å². The average molecular weight is 232 g/mol. The van der Waals surface area contributed by atoms with Gasteiger partial charge in [0.25, 0.3) is 0 Å². The van der Waals surface area contributed by atoms with Crippen molar-refractivity contribution in [2.24, 2.45) is 0 Å². The van der Waals surface area contributed by atoms with Crippen LogP contribution in [0.5, 0.6) is 5.75 Å². The number of hydrogen-bond donors (Lipinski definition) is 1. The molecule has 2 aromatic rings. The third-order valence-corrected chi connectivity index (χ3v) is 3.02. The van der Waals surface area contributed by atoms with Crippen LogP contribution < -0.4 is 10.1 Å². The van der Waals surface area contributed by atoms with Gasteiger partial charge >= 0.3 is 0 Å². The summed E-state index contributed by atoms with van der Waals surface area (Å²) >= 11 is 0. The lowest BCUT2D eigenvalue weighted by atomic mass is 10.2. The van der Waals surface area contributed by atoms with Gasteiger partial charge in [0.15, 0.2) is 0 Å². The van der Waals surface area contributed by atoms with Gasteiger partial charge in [-0.25, -0.2) is 0 Å². The van der Waals surface area contributed by atoms with E-state index < -0.39 is 0 Å². The Morgan fingerprint density at radius 3 is 2.71 bits per heavy atom. The minimum Gasteiger partial charge on any atom is -0.496 e. The Morgan fingerprint density at radius 1 is 1.35 bits per heavy atom. The first kappa shape index (κ1) is 12.0. The number of hydrogen-bond acceptors (Lipinski definition) is 2. The fourth-order valence-electron chi connectivity index (χ4n) is 2.38. The number of aromatic nitrogens is 1. The molecule has 1 aromatic heterocycles. The topological polar surface area (TPSA) is 26.2 Å². The minimum absolute atomic E-state index is 0.447. The Balaban J connectivity index is 2.69. The van der Waals surface area contributed by atoms with Crippen molar-refractivity contribution < 1.29 is 4.74 Å². The van der Waals surface area contributed by atoms with Crippen molar-refractivity contribution in [2.45, 2.75) is 26.4 Å². The minimum atomic E-state index is 0.447. The molecule has 0 radical (unpaired) electrons. The highest BCUT2D eigenvalue weighted by atomic mass is 16.5. The number of rotatable bonds is 4. The maximum Gasteiger partial charge on any atom is 0.128 e. The van der Waals surface area contributed by atoms with Crippen molar-refractivity contribution in [3.05, 3.63) is 30.0 Å². The maximum atomic E-state index is 5.42. The van der Waals surface area contributed by atoms with E-state index >= 15 is 0 Å². The van der Waals surface area contributed by atoms with E-state index in [4.69, 9.17) is 4.74 Å². The van der Waals surface area contributed by atoms with Crippen LogP contribution in [0.3, 0.4) is 0 Å². The zero-order valence-corrected chi connectivity index (χ0v) is 10.9. The molecule has 1 heterocycles. The second-order valence-corrected chi connectivity index (χ2v) is 4.52. The summed E-state index contributed by atoms with van der Waals surface area (Å²) in [5, 5.41) is 4.40. The molecule has 92 valence electrons. The Bertz CT molecular complexity index is 514. The van der Waals surface area contributed by atoms with Gasteiger partial charge in [0.05, 0.1) is 12.6 Å². The van der Waals surface area contributed by atoms with Crippen molar-refractivity contribution in [3.63, 3.8) is 0 Å². The average Bonchev–Trinajstić information content (AvgIpc) is 2.67. The van der Waals surface area contributed by atoms with Crippen molar-refractivity contribution in [1.29, 1.82) is 0 Å². The molecule has 0 aliphatic rings. The molecular weight excluding hydrogens is 212 g/mol. The molecule has 0 saturated carbocycles. The molecule has 0 fully saturated rings. The van der Waals surface area contributed by atoms with Crippen molar-refractivity contribution in [2.75, 3.05) is 14.2 Å². The van der Waals surface area contributed by atoms with Crippen LogP contribution in [0, 0.1) is 0 Å². The molecule has 0 unspecified atom stereocenters. The van der Waals surface area contributed by atoms with Gasteiger partial charge in [-0.2, -0.15) is 0 Å². The third kappa shape index (κ3) is 2.03. The first-order valence-corrected chi connectivity index (χ1v) is 6.00. The summed E-state index contributed by atoms with van der Waals surface area (Å²) < 4.78 is 7.78. The summed E-state index contributed by atoms with van der Waals surface area (Å²) in [5.74, 6) is 0.944. The molecule has 3 heteroatoms. The van der Waals surface area contributed by atoms with Crippen LogP contribution in [0.15, 0.2) is 24.3 Å². The molecule has 0 bridgehead atoms. The van der Waals surface area contributed by atoms with Gasteiger partial charge in [-0.05, 0) is 39.1 Å². The Hall–Kier alpha value is -1.48. The molecule has 0 aliphatic carbocycles. The monoisotopic (exact) mass is 232 g/mol. The van der Waals surface area contributed by atoms with Crippen LogP contribution in [0.1, 0.15) is 25.6 Å². The largest absolute Gasteiger partial charge is 0.496 e. The molecule has 17 heavy (non-hydrogen) atoms. The standard InChI is InChI=1S/C14H20N2O/c1-10(2)16-11(9-15-3)8-12-13(16)6-5-7-14(12)17-4/h5-8,10,15H,9H2,1-4H3. The number of benzene rings is 1. The summed E-state index contributed by atoms with van der Waals surface area (Å²) in [5.41, 5.74) is 2.53. The highest BCUT2D eigenvalue weighted by Crippen LogP contribution is 2.30. The maximum absolute atomic E-state index is 5.42. The van der Waals surface area contributed by atoms with Crippen molar-refractivity contribution in [3.8, 4) is 5.75 Å². The highest BCUT2D eigenvalue weighted by molar-refractivity contribution is 5.87. The quantitative estimate of drug-likeness (QED) is 0.877. The molecule has 0 amide bonds. The van der Waals surface area contributed by atoms with Gasteiger partial charge < -0.3 is 14.6 Å². The summed E-state index contributed by atoms with van der Waals surface area (Å²) in [7, 11) is 3.69. The first-order valence-electron chi connectivity index (χ1n) is 6.00. The predicted molar refractivity (Wildman–Crippen MR) is 71.6 cm³/mol. The summed E-state index contributed by atoms with van der Waals surface area (Å²) in [4.78, 5) is 0. The summed E-state index contributed by atoms with van der Waals surface area (Å²) in [6.45, 7) is 5.28. The van der Waals surface area contributed by atoms with E-state index in [9.17, 15) is 0 Å². The van der Waals surface area contributed by atoms with E-state index in [0.717, 1.165) is 12.3 Å². The van der Waals surface area contributed by atoms with Crippen LogP contribution in [-0.4, -0.2) is 18.7 Å². The van der Waals surface area contributed by atoms with Crippen LogP contribution in [-0.2, 0) is 6.54 Å². The predicted octanol–water partition coefficient (Wildman–Crippen LogP) is 2.95. The normalized spacial score (nSPS) is 11.4. The Morgan fingerprint density at radius 2 is 2.12 bits per heavy atom. The lowest BCUT2D eigenvalue weighted by Crippen LogP contribution is -2.12. The van der Waals surface area contributed by atoms with E-state index in [1.165, 1.54) is 16.6 Å². The van der Waals surface area contributed by atoms with Crippen LogP contribution in [0.4, 0.5) is 0 Å². The number of nitrogens with one attached hydrogen (secondary N) is 1. The van der Waals surface area contributed by atoms with E-state index in [1.807, 2.05) is 19.2 Å². The fourth-order valence-corrected chi connectivity index (χ4v) is 2.38. The molecule has 1 N–H and O–H groups in total. The zero-order chi connectivity index (χ0) is 12.4. The molecule has 0 atom stereocenters. The lowest BCUT2D eigenvalue weighted by molar-refractivity contribution is 0.420. The number of fused-ring (bicyclic) bond motifs is 1. The lowest BCUT2D eigenvalue weighted by Gasteiger charge is -2.14. The van der Waals surface area contributed by atoms with Gasteiger partial charge in [0.2, 0.25) is 0 Å². The highest BCUT2D eigenvalue weighted by Gasteiger charge is 2.13. The van der Waals surface area contributed by atoms with Gasteiger partial charge in [-0.3, -0.25) is 0 Å². The van der Waals surface area contributed by atoms with Crippen LogP contribution in [0.25, 0.3) is 10.9 Å². The Kier molecular flexibility index (Phi) is 3.38. The van der Waals surface area contributed by atoms with Crippen LogP contribution in [0.2, 0.25) is 0 Å². The summed E-state index contributed by atoms with van der Waals surface area (Å²) in [6, 6.07) is 8.86. The molecule has 3 nitrogen and oxygen atoms in total. The number of ether oxygens (including phenoxy) is 1. The van der Waals surface area contributed by atoms with Gasteiger partial charge in [0.1, 0.15) is 5.75 Å². The smallest absolute Gasteiger partial charge is 0.128 e. The molecule has 0 spiro atoms. The van der Waals surface area contributed by atoms with Gasteiger partial charge in [-0.1, -0.05) is 6.07 Å². The molecule has 0 aliphatic heterocycles. The van der Waals surface area contributed by atoms with E-state index in [0.29, 0.717) is 6.04 Å². The zero-order valence-electron chi connectivity index (χ0n) is 10.9. The fraction of sp³-hybridized carbons (Fsp3) is 0.429.